The van der Waals surface area contributed by atoms with Crippen LogP contribution in [0.5, 0.6) is 0 Å². The molecular weight excluding hydrogens is 348 g/mol. The van der Waals surface area contributed by atoms with Gasteiger partial charge in [0.05, 0.1) is 16.8 Å². The standard InChI is InChI=1S/C14H6ClF6NO/c15-6-1-4-10(8(5-6)14(19,20)21)22-13(23)7-2-3-9(16)12(18)11(7)17/h1-5H,(H,22,23). The Hall–Kier alpha value is -2.22. The normalized spacial score (nSPS) is 11.4. The summed E-state index contributed by atoms with van der Waals surface area (Å²) < 4.78 is 78.0. The molecule has 0 atom stereocenters. The molecule has 0 heterocycles. The Morgan fingerprint density at radius 1 is 1.00 bits per heavy atom. The van der Waals surface area contributed by atoms with E-state index >= 15 is 0 Å². The lowest BCUT2D eigenvalue weighted by Gasteiger charge is -2.14. The SMILES string of the molecule is O=C(Nc1ccc(Cl)cc1C(F)(F)F)c1ccc(F)c(F)c1F. The molecule has 1 amide bonds. The molecule has 9 heteroatoms. The van der Waals surface area contributed by atoms with Crippen molar-refractivity contribution in [3.63, 3.8) is 0 Å². The molecule has 2 rings (SSSR count). The molecule has 0 aliphatic rings. The summed E-state index contributed by atoms with van der Waals surface area (Å²) in [5, 5.41) is 1.57. The molecule has 0 saturated carbocycles. The van der Waals surface area contributed by atoms with E-state index in [2.05, 4.69) is 0 Å². The second-order valence-corrected chi connectivity index (χ2v) is 4.80. The van der Waals surface area contributed by atoms with Crippen LogP contribution in [0.3, 0.4) is 0 Å². The second kappa shape index (κ2) is 6.11. The summed E-state index contributed by atoms with van der Waals surface area (Å²) in [5.74, 6) is -6.59. The molecular formula is C14H6ClF6NO. The van der Waals surface area contributed by atoms with Crippen molar-refractivity contribution in [3.8, 4) is 0 Å². The summed E-state index contributed by atoms with van der Waals surface area (Å²) in [6.07, 6.45) is -4.83. The van der Waals surface area contributed by atoms with Crippen molar-refractivity contribution in [3.05, 3.63) is 63.9 Å². The van der Waals surface area contributed by atoms with Gasteiger partial charge in [-0.25, -0.2) is 13.2 Å². The van der Waals surface area contributed by atoms with E-state index in [4.69, 9.17) is 11.6 Å². The molecule has 0 unspecified atom stereocenters. The highest BCUT2D eigenvalue weighted by Gasteiger charge is 2.34. The Morgan fingerprint density at radius 2 is 1.65 bits per heavy atom. The zero-order valence-corrected chi connectivity index (χ0v) is 11.7. The number of carbonyl (C=O) groups excluding carboxylic acids is 1. The van der Waals surface area contributed by atoms with Crippen LogP contribution < -0.4 is 5.32 Å². The van der Waals surface area contributed by atoms with E-state index < -0.39 is 46.3 Å². The summed E-state index contributed by atoms with van der Waals surface area (Å²) in [7, 11) is 0. The molecule has 23 heavy (non-hydrogen) atoms. The fourth-order valence-electron chi connectivity index (χ4n) is 1.75. The van der Waals surface area contributed by atoms with Gasteiger partial charge in [-0.2, -0.15) is 13.2 Å². The van der Waals surface area contributed by atoms with Crippen LogP contribution in [0.2, 0.25) is 5.02 Å². The van der Waals surface area contributed by atoms with Crippen LogP contribution in [0.25, 0.3) is 0 Å². The number of halogens is 7. The molecule has 2 aromatic rings. The lowest BCUT2D eigenvalue weighted by Crippen LogP contribution is -2.18. The quantitative estimate of drug-likeness (QED) is 0.595. The average Bonchev–Trinajstić information content (AvgIpc) is 2.45. The van der Waals surface area contributed by atoms with Crippen molar-refractivity contribution < 1.29 is 31.1 Å². The van der Waals surface area contributed by atoms with Gasteiger partial charge in [0.25, 0.3) is 5.91 Å². The molecule has 2 nitrogen and oxygen atoms in total. The lowest BCUT2D eigenvalue weighted by molar-refractivity contribution is -0.136. The molecule has 122 valence electrons. The zero-order valence-electron chi connectivity index (χ0n) is 10.9. The highest BCUT2D eigenvalue weighted by atomic mass is 35.5. The number of benzene rings is 2. The van der Waals surface area contributed by atoms with Gasteiger partial charge in [0.15, 0.2) is 17.5 Å². The maximum atomic E-state index is 13.5. The van der Waals surface area contributed by atoms with Gasteiger partial charge < -0.3 is 5.32 Å². The van der Waals surface area contributed by atoms with Crippen molar-refractivity contribution in [2.75, 3.05) is 5.32 Å². The van der Waals surface area contributed by atoms with E-state index in [9.17, 15) is 31.1 Å². The van der Waals surface area contributed by atoms with E-state index in [0.29, 0.717) is 18.2 Å². The van der Waals surface area contributed by atoms with Gasteiger partial charge in [0.1, 0.15) is 0 Å². The summed E-state index contributed by atoms with van der Waals surface area (Å²) >= 11 is 5.48. The first-order chi connectivity index (χ1) is 10.6. The Balaban J connectivity index is 2.41. The number of alkyl halides is 3. The summed E-state index contributed by atoms with van der Waals surface area (Å²) in [5.41, 5.74) is -2.90. The third-order valence-corrected chi connectivity index (χ3v) is 3.05. The van der Waals surface area contributed by atoms with Crippen molar-refractivity contribution >= 4 is 23.2 Å². The maximum absolute atomic E-state index is 13.5. The minimum absolute atomic E-state index is 0.227. The van der Waals surface area contributed by atoms with E-state index in [1.165, 1.54) is 0 Å². The van der Waals surface area contributed by atoms with Crippen LogP contribution >= 0.6 is 11.6 Å². The minimum atomic E-state index is -4.83. The first-order valence-corrected chi connectivity index (χ1v) is 6.30. The molecule has 0 aromatic heterocycles. The van der Waals surface area contributed by atoms with Crippen molar-refractivity contribution in [1.29, 1.82) is 0 Å². The Kier molecular flexibility index (Phi) is 4.56. The fraction of sp³-hybridized carbons (Fsp3) is 0.0714. The van der Waals surface area contributed by atoms with Crippen LogP contribution in [0.4, 0.5) is 32.0 Å². The lowest BCUT2D eigenvalue weighted by atomic mass is 10.1. The molecule has 0 fully saturated rings. The summed E-state index contributed by atoms with van der Waals surface area (Å²) in [4.78, 5) is 11.8. The van der Waals surface area contributed by atoms with Gasteiger partial charge in [-0.15, -0.1) is 0 Å². The van der Waals surface area contributed by atoms with Crippen LogP contribution in [0.15, 0.2) is 30.3 Å². The molecule has 0 radical (unpaired) electrons. The Bertz CT molecular complexity index is 775. The van der Waals surface area contributed by atoms with Gasteiger partial charge in [-0.3, -0.25) is 4.79 Å². The third-order valence-electron chi connectivity index (χ3n) is 2.82. The Morgan fingerprint density at radius 3 is 2.26 bits per heavy atom. The molecule has 0 bridgehead atoms. The number of amides is 1. The van der Waals surface area contributed by atoms with Gasteiger partial charge >= 0.3 is 6.18 Å². The van der Waals surface area contributed by atoms with Gasteiger partial charge in [0, 0.05) is 5.02 Å². The van der Waals surface area contributed by atoms with Crippen molar-refractivity contribution in [2.45, 2.75) is 6.18 Å². The Labute approximate surface area is 130 Å². The summed E-state index contributed by atoms with van der Waals surface area (Å²) in [6.45, 7) is 0. The molecule has 0 aliphatic heterocycles. The zero-order chi connectivity index (χ0) is 17.4. The van der Waals surface area contributed by atoms with E-state index in [0.717, 1.165) is 12.1 Å². The molecule has 2 aromatic carbocycles. The third kappa shape index (κ3) is 3.58. The van der Waals surface area contributed by atoms with Crippen LogP contribution in [-0.4, -0.2) is 5.91 Å². The van der Waals surface area contributed by atoms with Gasteiger partial charge in [-0.05, 0) is 30.3 Å². The fourth-order valence-corrected chi connectivity index (χ4v) is 1.92. The monoisotopic (exact) mass is 353 g/mol. The van der Waals surface area contributed by atoms with E-state index in [-0.39, 0.29) is 5.02 Å². The first-order valence-electron chi connectivity index (χ1n) is 5.93. The number of carbonyl (C=O) groups is 1. The molecule has 1 N–H and O–H groups in total. The second-order valence-electron chi connectivity index (χ2n) is 4.36. The van der Waals surface area contributed by atoms with Crippen LogP contribution in [0, 0.1) is 17.5 Å². The highest BCUT2D eigenvalue weighted by Crippen LogP contribution is 2.36. The number of anilines is 1. The first kappa shape index (κ1) is 17.1. The topological polar surface area (TPSA) is 29.1 Å². The van der Waals surface area contributed by atoms with Crippen molar-refractivity contribution in [1.82, 2.24) is 0 Å². The largest absolute Gasteiger partial charge is 0.418 e. The van der Waals surface area contributed by atoms with Crippen LogP contribution in [0.1, 0.15) is 15.9 Å². The molecule has 0 aliphatic carbocycles. The molecule has 0 spiro atoms. The smallest absolute Gasteiger partial charge is 0.321 e. The maximum Gasteiger partial charge on any atom is 0.418 e. The van der Waals surface area contributed by atoms with Crippen LogP contribution in [-0.2, 0) is 6.18 Å². The number of rotatable bonds is 2. The summed E-state index contributed by atoms with van der Waals surface area (Å²) in [6, 6.07) is 3.61. The number of nitrogens with one attached hydrogen (secondary N) is 1. The van der Waals surface area contributed by atoms with E-state index in [1.54, 1.807) is 5.32 Å². The van der Waals surface area contributed by atoms with Crippen molar-refractivity contribution in [2.24, 2.45) is 0 Å². The predicted molar refractivity (Wildman–Crippen MR) is 70.7 cm³/mol. The van der Waals surface area contributed by atoms with E-state index in [1.807, 2.05) is 0 Å². The number of hydrogen-bond acceptors (Lipinski definition) is 1. The number of hydrogen-bond donors (Lipinski definition) is 1. The average molecular weight is 354 g/mol. The van der Waals surface area contributed by atoms with Gasteiger partial charge in [-0.1, -0.05) is 11.6 Å². The predicted octanol–water partition coefficient (Wildman–Crippen LogP) is 5.03. The van der Waals surface area contributed by atoms with Gasteiger partial charge in [0.2, 0.25) is 0 Å². The highest BCUT2D eigenvalue weighted by molar-refractivity contribution is 6.30. The molecule has 0 saturated heterocycles. The minimum Gasteiger partial charge on any atom is -0.321 e.